The molecule has 1 aromatic heterocycles. The minimum Gasteiger partial charge on any atom is -0.505 e. The molecule has 1 aliphatic heterocycles. The van der Waals surface area contributed by atoms with Gasteiger partial charge in [-0.2, -0.15) is 5.11 Å². The van der Waals surface area contributed by atoms with E-state index in [2.05, 4.69) is 25.5 Å². The minimum absolute atomic E-state index is 0.0105. The lowest BCUT2D eigenvalue weighted by molar-refractivity contribution is 0.0983. The van der Waals surface area contributed by atoms with E-state index in [1.165, 1.54) is 0 Å². The highest BCUT2D eigenvalue weighted by molar-refractivity contribution is 6.55. The first-order valence-electron chi connectivity index (χ1n) is 12.7. The van der Waals surface area contributed by atoms with Gasteiger partial charge in [-0.25, -0.2) is 4.99 Å². The number of amides is 1. The standard InChI is InChI=1S/C31H15Cl4N5O3/c32-23-21-22(24(33)26(35)25(23)34)31(43)38-30(21)36-15-6-8-16(9-7-15)39-40-28-20-13(11-14(12-41)29(28)42)5-10-18-17-3-1-2-4-19(17)37-27(18)20/h1-12,37,42H,(H,36,38,43). The SMILES string of the molecule is O=Cc1cc2ccc3c4ccccc4[nH]c3c2c(N=Nc2ccc(/N=C3\NC(=O)c4c(Cl)c(Cl)c(Cl)c(Cl)c43)cc2)c1O. The van der Waals surface area contributed by atoms with E-state index in [1.54, 1.807) is 30.3 Å². The van der Waals surface area contributed by atoms with Crippen molar-refractivity contribution < 1.29 is 14.7 Å². The number of phenols is 1. The zero-order chi connectivity index (χ0) is 30.0. The number of aliphatic imine (C=N–C) groups is 1. The van der Waals surface area contributed by atoms with Crippen LogP contribution in [0.5, 0.6) is 5.75 Å². The molecule has 210 valence electrons. The number of aromatic amines is 1. The molecule has 3 N–H and O–H groups in total. The van der Waals surface area contributed by atoms with E-state index in [0.717, 1.165) is 27.2 Å². The number of carbonyl (C=O) groups is 2. The van der Waals surface area contributed by atoms with Crippen molar-refractivity contribution in [2.45, 2.75) is 0 Å². The van der Waals surface area contributed by atoms with Crippen LogP contribution >= 0.6 is 46.4 Å². The average Bonchev–Trinajstić information content (AvgIpc) is 3.56. The first-order chi connectivity index (χ1) is 20.8. The summed E-state index contributed by atoms with van der Waals surface area (Å²) in [5.74, 6) is -0.604. The minimum atomic E-state index is -0.502. The third kappa shape index (κ3) is 4.34. The highest BCUT2D eigenvalue weighted by Crippen LogP contribution is 2.45. The van der Waals surface area contributed by atoms with Crippen LogP contribution in [0.2, 0.25) is 20.1 Å². The van der Waals surface area contributed by atoms with Gasteiger partial charge in [0.25, 0.3) is 5.91 Å². The summed E-state index contributed by atoms with van der Waals surface area (Å²) in [4.78, 5) is 32.2. The predicted octanol–water partition coefficient (Wildman–Crippen LogP) is 9.84. The number of aromatic nitrogens is 1. The summed E-state index contributed by atoms with van der Waals surface area (Å²) in [5, 5.41) is 25.7. The Balaban J connectivity index is 1.29. The van der Waals surface area contributed by atoms with E-state index in [-0.39, 0.29) is 54.1 Å². The number of H-pyrrole nitrogens is 1. The second kappa shape index (κ2) is 10.4. The number of nitrogens with zero attached hydrogens (tertiary/aromatic N) is 3. The summed E-state index contributed by atoms with van der Waals surface area (Å²) in [6.45, 7) is 0. The van der Waals surface area contributed by atoms with Gasteiger partial charge in [0, 0.05) is 21.7 Å². The van der Waals surface area contributed by atoms with Crippen LogP contribution in [0.3, 0.4) is 0 Å². The van der Waals surface area contributed by atoms with Gasteiger partial charge in [-0.3, -0.25) is 9.59 Å². The van der Waals surface area contributed by atoms with E-state index < -0.39 is 5.91 Å². The molecule has 6 aromatic rings. The molecule has 1 aliphatic rings. The highest BCUT2D eigenvalue weighted by atomic mass is 35.5. The monoisotopic (exact) mass is 645 g/mol. The molecule has 0 aliphatic carbocycles. The molecule has 0 atom stereocenters. The maximum atomic E-state index is 12.6. The summed E-state index contributed by atoms with van der Waals surface area (Å²) >= 11 is 25.0. The molecule has 1 amide bonds. The molecule has 7 rings (SSSR count). The zero-order valence-electron chi connectivity index (χ0n) is 21.5. The van der Waals surface area contributed by atoms with Crippen LogP contribution in [0, 0.1) is 0 Å². The number of aldehydes is 1. The largest absolute Gasteiger partial charge is 0.505 e. The second-order valence-corrected chi connectivity index (χ2v) is 11.2. The van der Waals surface area contributed by atoms with Crippen molar-refractivity contribution in [1.29, 1.82) is 0 Å². The Labute approximate surface area is 262 Å². The van der Waals surface area contributed by atoms with Crippen LogP contribution in [0.25, 0.3) is 32.6 Å². The molecule has 12 heteroatoms. The number of phenolic OH excluding ortho intramolecular Hbond substituents is 1. The van der Waals surface area contributed by atoms with Gasteiger partial charge in [0.1, 0.15) is 11.5 Å². The number of azo groups is 1. The third-order valence-electron chi connectivity index (χ3n) is 7.21. The summed E-state index contributed by atoms with van der Waals surface area (Å²) in [5.41, 5.74) is 3.23. The smallest absolute Gasteiger partial charge is 0.259 e. The lowest BCUT2D eigenvalue weighted by Crippen LogP contribution is -2.21. The molecule has 0 spiro atoms. The summed E-state index contributed by atoms with van der Waals surface area (Å²) in [7, 11) is 0. The molecular formula is C31H15Cl4N5O3. The fraction of sp³-hybridized carbons (Fsp3) is 0. The summed E-state index contributed by atoms with van der Waals surface area (Å²) < 4.78 is 0. The lowest BCUT2D eigenvalue weighted by Gasteiger charge is -2.08. The van der Waals surface area contributed by atoms with Crippen molar-refractivity contribution in [1.82, 2.24) is 10.3 Å². The number of amidine groups is 1. The normalized spacial score (nSPS) is 14.0. The topological polar surface area (TPSA) is 119 Å². The Morgan fingerprint density at radius 3 is 2.21 bits per heavy atom. The first kappa shape index (κ1) is 27.4. The van der Waals surface area contributed by atoms with E-state index in [9.17, 15) is 14.7 Å². The Morgan fingerprint density at radius 1 is 0.767 bits per heavy atom. The van der Waals surface area contributed by atoms with Crippen LogP contribution in [0.1, 0.15) is 26.3 Å². The zero-order valence-corrected chi connectivity index (χ0v) is 24.6. The average molecular weight is 647 g/mol. The van der Waals surface area contributed by atoms with Crippen molar-refractivity contribution in [3.8, 4) is 5.75 Å². The number of halogens is 4. The second-order valence-electron chi connectivity index (χ2n) is 9.67. The Bertz CT molecular complexity index is 2260. The number of hydrogen-bond donors (Lipinski definition) is 3. The maximum Gasteiger partial charge on any atom is 0.259 e. The van der Waals surface area contributed by atoms with Gasteiger partial charge in [0.05, 0.1) is 53.7 Å². The van der Waals surface area contributed by atoms with Gasteiger partial charge >= 0.3 is 0 Å². The number of benzene rings is 5. The van der Waals surface area contributed by atoms with Crippen molar-refractivity contribution >= 4 is 114 Å². The lowest BCUT2D eigenvalue weighted by atomic mass is 10.0. The van der Waals surface area contributed by atoms with E-state index in [4.69, 9.17) is 46.4 Å². The number of aromatic hydroxyl groups is 1. The van der Waals surface area contributed by atoms with Gasteiger partial charge < -0.3 is 15.4 Å². The Kier molecular flexibility index (Phi) is 6.59. The fourth-order valence-electron chi connectivity index (χ4n) is 5.20. The predicted molar refractivity (Wildman–Crippen MR) is 171 cm³/mol. The van der Waals surface area contributed by atoms with Crippen LogP contribution in [-0.2, 0) is 0 Å². The van der Waals surface area contributed by atoms with Crippen molar-refractivity contribution in [3.63, 3.8) is 0 Å². The molecule has 0 bridgehead atoms. The number of hydrogen-bond acceptors (Lipinski definition) is 6. The van der Waals surface area contributed by atoms with Crippen molar-refractivity contribution in [2.24, 2.45) is 15.2 Å². The molecule has 0 saturated heterocycles. The van der Waals surface area contributed by atoms with Crippen molar-refractivity contribution in [3.05, 3.63) is 104 Å². The number of carbonyl (C=O) groups excluding carboxylic acids is 2. The van der Waals surface area contributed by atoms with E-state index >= 15 is 0 Å². The van der Waals surface area contributed by atoms with E-state index in [0.29, 0.717) is 23.0 Å². The van der Waals surface area contributed by atoms with E-state index in [1.807, 2.05) is 36.4 Å². The van der Waals surface area contributed by atoms with Gasteiger partial charge in [-0.1, -0.05) is 76.7 Å². The van der Waals surface area contributed by atoms with Gasteiger partial charge in [0.15, 0.2) is 12.0 Å². The Morgan fingerprint density at radius 2 is 1.47 bits per heavy atom. The van der Waals surface area contributed by atoms with Crippen molar-refractivity contribution in [2.75, 3.05) is 0 Å². The molecular weight excluding hydrogens is 632 g/mol. The molecule has 5 aromatic carbocycles. The van der Waals surface area contributed by atoms with Crippen LogP contribution < -0.4 is 5.32 Å². The van der Waals surface area contributed by atoms with Gasteiger partial charge in [-0.15, -0.1) is 5.11 Å². The molecule has 0 radical (unpaired) electrons. The van der Waals surface area contributed by atoms with Crippen LogP contribution in [-0.4, -0.2) is 28.1 Å². The molecule has 0 saturated carbocycles. The number of para-hydroxylation sites is 1. The number of fused-ring (bicyclic) bond motifs is 6. The molecule has 8 nitrogen and oxygen atoms in total. The summed E-state index contributed by atoms with van der Waals surface area (Å²) in [6, 6.07) is 20.0. The Hall–Kier alpha value is -4.47. The summed E-state index contributed by atoms with van der Waals surface area (Å²) in [6.07, 6.45) is 0.581. The van der Waals surface area contributed by atoms with Gasteiger partial charge in [0.2, 0.25) is 0 Å². The molecule has 43 heavy (non-hydrogen) atoms. The molecule has 0 unspecified atom stereocenters. The number of nitrogens with one attached hydrogen (secondary N) is 2. The highest BCUT2D eigenvalue weighted by Gasteiger charge is 2.34. The fourth-order valence-corrected chi connectivity index (χ4v) is 6.23. The number of rotatable bonds is 4. The third-order valence-corrected chi connectivity index (χ3v) is 9.01. The molecule has 0 fully saturated rings. The van der Waals surface area contributed by atoms with Gasteiger partial charge in [-0.05, 0) is 41.8 Å². The maximum absolute atomic E-state index is 12.6. The quantitative estimate of drug-likeness (QED) is 0.0765. The molecule has 2 heterocycles. The van der Waals surface area contributed by atoms with Crippen LogP contribution in [0.15, 0.2) is 82.0 Å². The van der Waals surface area contributed by atoms with Crippen LogP contribution in [0.4, 0.5) is 17.1 Å². The first-order valence-corrected chi connectivity index (χ1v) is 14.2.